The number of ether oxygens (including phenoxy) is 1. The van der Waals surface area contributed by atoms with Crippen molar-refractivity contribution in [3.8, 4) is 11.1 Å². The Labute approximate surface area is 203 Å². The molecule has 0 heterocycles. The molecule has 4 N–H and O–H groups in total. The Kier molecular flexibility index (Phi) is 9.79. The first-order chi connectivity index (χ1) is 16.9. The van der Waals surface area contributed by atoms with E-state index >= 15 is 0 Å². The van der Waals surface area contributed by atoms with Crippen LogP contribution < -0.4 is 0 Å². The zero-order chi connectivity index (χ0) is 28.9. The third kappa shape index (κ3) is 7.42. The van der Waals surface area contributed by atoms with Gasteiger partial charge in [-0.25, -0.2) is 19.2 Å². The van der Waals surface area contributed by atoms with Crippen LogP contribution >= 0.6 is 0 Å². The number of carbonyl (C=O) groups is 4. The second-order valence-corrected chi connectivity index (χ2v) is 6.88. The van der Waals surface area contributed by atoms with Crippen molar-refractivity contribution in [2.45, 2.75) is 26.2 Å². The molecule has 202 valence electrons. The summed E-state index contributed by atoms with van der Waals surface area (Å²) in [5, 5.41) is 36.3. The van der Waals surface area contributed by atoms with Gasteiger partial charge < -0.3 is 25.2 Å². The van der Waals surface area contributed by atoms with Crippen molar-refractivity contribution >= 4 is 23.9 Å². The second kappa shape index (κ2) is 11.7. The number of benzene rings is 2. The number of aromatic carboxylic acids is 4. The first-order valence-corrected chi connectivity index (χ1v) is 9.90. The Morgan fingerprint density at radius 3 is 1.00 bits per heavy atom. The van der Waals surface area contributed by atoms with Crippen LogP contribution in [0.1, 0.15) is 66.4 Å². The van der Waals surface area contributed by atoms with Crippen LogP contribution in [-0.4, -0.2) is 57.5 Å². The fourth-order valence-corrected chi connectivity index (χ4v) is 3.03. The molecule has 0 aliphatic carbocycles. The molecule has 0 atom stereocenters. The molecule has 0 amide bonds. The molecule has 0 unspecified atom stereocenters. The molecule has 0 aromatic heterocycles. The monoisotopic (exact) mass is 540 g/mol. The highest BCUT2D eigenvalue weighted by Gasteiger charge is 2.41. The molecule has 9 nitrogen and oxygen atoms in total. The normalized spacial score (nSPS) is 11.4. The van der Waals surface area contributed by atoms with Crippen LogP contribution in [0.25, 0.3) is 11.1 Å². The quantitative estimate of drug-likeness (QED) is 0.345. The Hall–Kier alpha value is -4.14. The van der Waals surface area contributed by atoms with Gasteiger partial charge in [0.15, 0.2) is 0 Å². The summed E-state index contributed by atoms with van der Waals surface area (Å²) in [6, 6.07) is -0.393. The van der Waals surface area contributed by atoms with Gasteiger partial charge in [-0.2, -0.15) is 26.3 Å². The summed E-state index contributed by atoms with van der Waals surface area (Å²) in [7, 11) is 0. The van der Waals surface area contributed by atoms with E-state index in [4.69, 9.17) is 25.2 Å². The average Bonchev–Trinajstić information content (AvgIpc) is 2.76. The maximum absolute atomic E-state index is 13.6. The highest BCUT2D eigenvalue weighted by molar-refractivity contribution is 6.05. The molecule has 0 spiro atoms. The van der Waals surface area contributed by atoms with E-state index in [9.17, 15) is 45.5 Å². The minimum atomic E-state index is -5.51. The fraction of sp³-hybridized carbons (Fsp3) is 0.273. The molecule has 0 radical (unpaired) electrons. The van der Waals surface area contributed by atoms with E-state index in [1.807, 2.05) is 13.8 Å². The molecule has 2 aromatic carbocycles. The van der Waals surface area contributed by atoms with Gasteiger partial charge in [-0.3, -0.25) is 0 Å². The zero-order valence-corrected chi connectivity index (χ0v) is 18.8. The van der Waals surface area contributed by atoms with Crippen molar-refractivity contribution in [3.05, 3.63) is 57.6 Å². The second-order valence-electron chi connectivity index (χ2n) is 6.88. The van der Waals surface area contributed by atoms with Crippen molar-refractivity contribution < 1.29 is 70.7 Å². The van der Waals surface area contributed by atoms with Crippen LogP contribution in [0.4, 0.5) is 26.3 Å². The van der Waals surface area contributed by atoms with Gasteiger partial charge in [0.1, 0.15) is 0 Å². The summed E-state index contributed by atoms with van der Waals surface area (Å²) >= 11 is 0. The smallest absolute Gasteiger partial charge is 0.417 e. The minimum absolute atomic E-state index is 0.00521. The Bertz CT molecular complexity index is 1120. The van der Waals surface area contributed by atoms with Gasteiger partial charge in [0.2, 0.25) is 0 Å². The SMILES string of the molecule is CCOCC.O=C(O)c1cc(-c2cc(C(=O)O)c(C(=O)O)cc2C(F)(F)F)c(C(F)(F)F)cc1C(=O)O. The van der Waals surface area contributed by atoms with E-state index in [0.29, 0.717) is 0 Å². The lowest BCUT2D eigenvalue weighted by Crippen LogP contribution is -2.18. The summed E-state index contributed by atoms with van der Waals surface area (Å²) in [5.41, 5.74) is -12.4. The average molecular weight is 540 g/mol. The van der Waals surface area contributed by atoms with Crippen LogP contribution in [0.15, 0.2) is 24.3 Å². The summed E-state index contributed by atoms with van der Waals surface area (Å²) in [5.74, 6) is -8.43. The van der Waals surface area contributed by atoms with Crippen molar-refractivity contribution in [1.82, 2.24) is 0 Å². The molecule has 37 heavy (non-hydrogen) atoms. The zero-order valence-electron chi connectivity index (χ0n) is 18.8. The van der Waals surface area contributed by atoms with Gasteiger partial charge in [-0.15, -0.1) is 0 Å². The first kappa shape index (κ1) is 30.9. The van der Waals surface area contributed by atoms with Crippen LogP contribution in [0.5, 0.6) is 0 Å². The molecule has 2 aromatic rings. The molecule has 0 saturated carbocycles. The molecule has 0 saturated heterocycles. The first-order valence-electron chi connectivity index (χ1n) is 9.90. The summed E-state index contributed by atoms with van der Waals surface area (Å²) in [6.45, 7) is 5.67. The third-order valence-electron chi connectivity index (χ3n) is 4.55. The van der Waals surface area contributed by atoms with Crippen molar-refractivity contribution in [2.75, 3.05) is 13.2 Å². The largest absolute Gasteiger partial charge is 0.478 e. The number of carboxylic acid groups (broad SMARTS) is 4. The predicted molar refractivity (Wildman–Crippen MR) is 112 cm³/mol. The summed E-state index contributed by atoms with van der Waals surface area (Å²) in [4.78, 5) is 45.0. The van der Waals surface area contributed by atoms with Crippen LogP contribution in [0, 0.1) is 0 Å². The van der Waals surface area contributed by atoms with Crippen molar-refractivity contribution in [2.24, 2.45) is 0 Å². The molecule has 15 heteroatoms. The van der Waals surface area contributed by atoms with Crippen molar-refractivity contribution in [3.63, 3.8) is 0 Å². The fourth-order valence-electron chi connectivity index (χ4n) is 3.03. The maximum atomic E-state index is 13.6. The van der Waals surface area contributed by atoms with E-state index in [1.54, 1.807) is 0 Å². The van der Waals surface area contributed by atoms with Gasteiger partial charge in [0.25, 0.3) is 0 Å². The molecule has 0 aliphatic rings. The molecular formula is C22H18F6O9. The highest BCUT2D eigenvalue weighted by atomic mass is 19.4. The van der Waals surface area contributed by atoms with Crippen LogP contribution in [0.2, 0.25) is 0 Å². The van der Waals surface area contributed by atoms with Crippen LogP contribution in [-0.2, 0) is 17.1 Å². The Morgan fingerprint density at radius 1 is 0.595 bits per heavy atom. The molecule has 2 rings (SSSR count). The van der Waals surface area contributed by atoms with E-state index in [2.05, 4.69) is 0 Å². The third-order valence-corrected chi connectivity index (χ3v) is 4.55. The van der Waals surface area contributed by atoms with Crippen LogP contribution in [0.3, 0.4) is 0 Å². The number of hydrogen-bond donors (Lipinski definition) is 4. The van der Waals surface area contributed by atoms with Gasteiger partial charge in [0, 0.05) is 13.2 Å². The molecular weight excluding hydrogens is 522 g/mol. The standard InChI is InChI=1S/C18H8F6O8.C4H10O/c19-17(20,21)11-3-9(15(29)30)7(13(25)26)1-5(11)6-2-8(14(27)28)10(16(31)32)4-12(6)18(22,23)24;1-3-5-4-2/h1-4H,(H,25,26)(H,27,28)(H,29,30)(H,31,32);3-4H2,1-2H3. The topological polar surface area (TPSA) is 158 Å². The molecule has 0 fully saturated rings. The van der Waals surface area contributed by atoms with Crippen molar-refractivity contribution in [1.29, 1.82) is 0 Å². The number of carboxylic acids is 4. The molecule has 0 bridgehead atoms. The number of rotatable bonds is 7. The molecule has 0 aliphatic heterocycles. The summed E-state index contributed by atoms with van der Waals surface area (Å²) in [6.07, 6.45) is -11.0. The van der Waals surface area contributed by atoms with E-state index in [1.165, 1.54) is 0 Å². The van der Waals surface area contributed by atoms with Gasteiger partial charge in [-0.05, 0) is 49.2 Å². The maximum Gasteiger partial charge on any atom is 0.417 e. The lowest BCUT2D eigenvalue weighted by molar-refractivity contribution is -0.139. The number of alkyl halides is 6. The lowest BCUT2D eigenvalue weighted by Gasteiger charge is -2.20. The van der Waals surface area contributed by atoms with E-state index in [-0.39, 0.29) is 24.3 Å². The Morgan fingerprint density at radius 2 is 0.838 bits per heavy atom. The van der Waals surface area contributed by atoms with E-state index < -0.39 is 80.7 Å². The number of halogens is 6. The Balaban J connectivity index is 0.00000124. The van der Waals surface area contributed by atoms with Gasteiger partial charge >= 0.3 is 36.2 Å². The highest BCUT2D eigenvalue weighted by Crippen LogP contribution is 2.44. The number of hydrogen-bond acceptors (Lipinski definition) is 5. The minimum Gasteiger partial charge on any atom is -0.478 e. The lowest BCUT2D eigenvalue weighted by atomic mass is 9.88. The van der Waals surface area contributed by atoms with E-state index in [0.717, 1.165) is 13.2 Å². The predicted octanol–water partition coefficient (Wildman–Crippen LogP) is 5.23. The van der Waals surface area contributed by atoms with Gasteiger partial charge in [0.05, 0.1) is 33.4 Å². The van der Waals surface area contributed by atoms with Gasteiger partial charge in [-0.1, -0.05) is 0 Å². The summed E-state index contributed by atoms with van der Waals surface area (Å²) < 4.78 is 86.3.